The van der Waals surface area contributed by atoms with Crippen molar-refractivity contribution >= 4 is 8.80 Å². The van der Waals surface area contributed by atoms with Crippen LogP contribution in [0.25, 0.3) is 0 Å². The van der Waals surface area contributed by atoms with E-state index in [0.29, 0.717) is 5.54 Å². The predicted molar refractivity (Wildman–Crippen MR) is 58.2 cm³/mol. The summed E-state index contributed by atoms with van der Waals surface area (Å²) in [6.07, 6.45) is 7.66. The lowest BCUT2D eigenvalue weighted by molar-refractivity contribution is 0.108. The molecule has 1 saturated carbocycles. The maximum absolute atomic E-state index is 5.53. The summed E-state index contributed by atoms with van der Waals surface area (Å²) in [5, 5.41) is 0. The van der Waals surface area contributed by atoms with Crippen LogP contribution in [0.4, 0.5) is 0 Å². The first-order valence-electron chi connectivity index (χ1n) is 5.44. The van der Waals surface area contributed by atoms with E-state index in [9.17, 15) is 0 Å². The normalized spacial score (nSPS) is 20.8. The molecule has 0 N–H and O–H groups in total. The van der Waals surface area contributed by atoms with Gasteiger partial charge in [0.2, 0.25) is 0 Å². The van der Waals surface area contributed by atoms with E-state index in [1.807, 2.05) is 0 Å². The number of hydrogen-bond acceptors (Lipinski definition) is 3. The molecule has 14 heavy (non-hydrogen) atoms. The molecular formula is C10H22O3Si. The van der Waals surface area contributed by atoms with Crippen molar-refractivity contribution in [1.82, 2.24) is 0 Å². The highest BCUT2D eigenvalue weighted by Gasteiger charge is 2.46. The predicted octanol–water partition coefficient (Wildman–Crippen LogP) is 2.59. The van der Waals surface area contributed by atoms with Gasteiger partial charge >= 0.3 is 8.80 Å². The van der Waals surface area contributed by atoms with E-state index in [-0.39, 0.29) is 0 Å². The average molecular weight is 218 g/mol. The molecule has 0 aromatic carbocycles. The molecule has 0 saturated heterocycles. The average Bonchev–Trinajstić information content (AvgIpc) is 2.51. The van der Waals surface area contributed by atoms with Gasteiger partial charge in [0.05, 0.1) is 0 Å². The molecule has 0 radical (unpaired) electrons. The molecular weight excluding hydrogens is 196 g/mol. The molecule has 0 spiro atoms. The van der Waals surface area contributed by atoms with Crippen LogP contribution in [-0.2, 0) is 13.3 Å². The molecule has 0 bridgehead atoms. The van der Waals surface area contributed by atoms with Gasteiger partial charge in [-0.2, -0.15) is 0 Å². The zero-order chi connectivity index (χ0) is 10.4. The standard InChI is InChI=1S/C10H22O3Si/c1-11-14(12-2,13-3)10-8-6-4-5-7-9-10/h10H,4-9H2,1-3H3. The molecule has 1 aliphatic carbocycles. The van der Waals surface area contributed by atoms with Crippen molar-refractivity contribution in [2.45, 2.75) is 44.1 Å². The fraction of sp³-hybridized carbons (Fsp3) is 1.00. The van der Waals surface area contributed by atoms with Crippen LogP contribution in [0.3, 0.4) is 0 Å². The van der Waals surface area contributed by atoms with Crippen LogP contribution < -0.4 is 0 Å². The highest BCUT2D eigenvalue weighted by molar-refractivity contribution is 6.62. The summed E-state index contributed by atoms with van der Waals surface area (Å²) in [4.78, 5) is 0. The summed E-state index contributed by atoms with van der Waals surface area (Å²) in [6.45, 7) is 0. The minimum Gasteiger partial charge on any atom is -0.377 e. The molecule has 0 amide bonds. The zero-order valence-electron chi connectivity index (χ0n) is 9.54. The molecule has 1 fully saturated rings. The molecule has 4 heteroatoms. The van der Waals surface area contributed by atoms with Crippen molar-refractivity contribution in [2.24, 2.45) is 0 Å². The van der Waals surface area contributed by atoms with Gasteiger partial charge in [0.1, 0.15) is 0 Å². The summed E-state index contributed by atoms with van der Waals surface area (Å²) < 4.78 is 16.6. The van der Waals surface area contributed by atoms with Crippen LogP contribution in [0.15, 0.2) is 0 Å². The quantitative estimate of drug-likeness (QED) is 0.536. The van der Waals surface area contributed by atoms with Gasteiger partial charge in [-0.05, 0) is 12.8 Å². The van der Waals surface area contributed by atoms with Crippen LogP contribution in [0, 0.1) is 0 Å². The summed E-state index contributed by atoms with van der Waals surface area (Å²) in [6, 6.07) is 0. The van der Waals surface area contributed by atoms with Crippen molar-refractivity contribution in [2.75, 3.05) is 21.3 Å². The van der Waals surface area contributed by atoms with Crippen molar-refractivity contribution in [1.29, 1.82) is 0 Å². The Bertz CT molecular complexity index is 143. The highest BCUT2D eigenvalue weighted by Crippen LogP contribution is 2.36. The molecule has 0 atom stereocenters. The van der Waals surface area contributed by atoms with E-state index in [1.165, 1.54) is 38.5 Å². The minimum atomic E-state index is -2.35. The molecule has 0 aromatic heterocycles. The Balaban J connectivity index is 2.64. The first-order valence-corrected chi connectivity index (χ1v) is 7.24. The minimum absolute atomic E-state index is 0.505. The Morgan fingerprint density at radius 1 is 0.786 bits per heavy atom. The highest BCUT2D eigenvalue weighted by atomic mass is 28.4. The lowest BCUT2D eigenvalue weighted by Crippen LogP contribution is -2.47. The third kappa shape index (κ3) is 2.57. The molecule has 1 aliphatic rings. The Morgan fingerprint density at radius 3 is 1.57 bits per heavy atom. The SMILES string of the molecule is CO[Si](OC)(OC)C1CCCCCC1. The lowest BCUT2D eigenvalue weighted by Gasteiger charge is -2.31. The smallest absolute Gasteiger partial charge is 0.377 e. The van der Waals surface area contributed by atoms with Gasteiger partial charge in [-0.1, -0.05) is 25.7 Å². The topological polar surface area (TPSA) is 27.7 Å². The molecule has 84 valence electrons. The maximum atomic E-state index is 5.53. The fourth-order valence-electron chi connectivity index (χ4n) is 2.38. The maximum Gasteiger partial charge on any atom is 0.503 e. The van der Waals surface area contributed by atoms with Gasteiger partial charge < -0.3 is 13.3 Å². The molecule has 0 unspecified atom stereocenters. The Kier molecular flexibility index (Phi) is 5.09. The summed E-state index contributed by atoms with van der Waals surface area (Å²) >= 11 is 0. The molecule has 3 nitrogen and oxygen atoms in total. The second-order valence-corrected chi connectivity index (χ2v) is 7.15. The van der Waals surface area contributed by atoms with E-state index < -0.39 is 8.80 Å². The Labute approximate surface area is 88.1 Å². The third-order valence-corrected chi connectivity index (χ3v) is 6.49. The first-order chi connectivity index (χ1) is 6.79. The van der Waals surface area contributed by atoms with Crippen molar-refractivity contribution < 1.29 is 13.3 Å². The molecule has 0 aliphatic heterocycles. The molecule has 0 heterocycles. The van der Waals surface area contributed by atoms with E-state index >= 15 is 0 Å². The van der Waals surface area contributed by atoms with Crippen LogP contribution in [0.2, 0.25) is 5.54 Å². The van der Waals surface area contributed by atoms with Gasteiger partial charge in [0.25, 0.3) is 0 Å². The fourth-order valence-corrected chi connectivity index (χ4v) is 5.00. The molecule has 1 rings (SSSR count). The van der Waals surface area contributed by atoms with Crippen LogP contribution in [0.1, 0.15) is 38.5 Å². The van der Waals surface area contributed by atoms with E-state index in [2.05, 4.69) is 0 Å². The van der Waals surface area contributed by atoms with Gasteiger partial charge in [-0.3, -0.25) is 0 Å². The third-order valence-electron chi connectivity index (χ3n) is 3.21. The van der Waals surface area contributed by atoms with Gasteiger partial charge in [-0.15, -0.1) is 0 Å². The van der Waals surface area contributed by atoms with Gasteiger partial charge in [0, 0.05) is 26.9 Å². The van der Waals surface area contributed by atoms with Crippen LogP contribution >= 0.6 is 0 Å². The summed E-state index contributed by atoms with van der Waals surface area (Å²) in [5.74, 6) is 0. The largest absolute Gasteiger partial charge is 0.503 e. The number of hydrogen-bond donors (Lipinski definition) is 0. The first kappa shape index (κ1) is 12.2. The van der Waals surface area contributed by atoms with Crippen molar-refractivity contribution in [3.8, 4) is 0 Å². The molecule has 0 aromatic rings. The monoisotopic (exact) mass is 218 g/mol. The lowest BCUT2D eigenvalue weighted by atomic mass is 10.2. The van der Waals surface area contributed by atoms with Crippen LogP contribution in [0.5, 0.6) is 0 Å². The second-order valence-electron chi connectivity index (χ2n) is 3.90. The second kappa shape index (κ2) is 5.85. The van der Waals surface area contributed by atoms with Crippen molar-refractivity contribution in [3.05, 3.63) is 0 Å². The Morgan fingerprint density at radius 2 is 1.21 bits per heavy atom. The van der Waals surface area contributed by atoms with E-state index in [1.54, 1.807) is 21.3 Å². The van der Waals surface area contributed by atoms with E-state index in [4.69, 9.17) is 13.3 Å². The van der Waals surface area contributed by atoms with Crippen LogP contribution in [-0.4, -0.2) is 30.1 Å². The van der Waals surface area contributed by atoms with Gasteiger partial charge in [0.15, 0.2) is 0 Å². The zero-order valence-corrected chi connectivity index (χ0v) is 10.5. The van der Waals surface area contributed by atoms with E-state index in [0.717, 1.165) is 0 Å². The Hall–Kier alpha value is 0.0969. The summed E-state index contributed by atoms with van der Waals surface area (Å²) in [7, 11) is 2.79. The van der Waals surface area contributed by atoms with Crippen molar-refractivity contribution in [3.63, 3.8) is 0 Å². The van der Waals surface area contributed by atoms with Gasteiger partial charge in [-0.25, -0.2) is 0 Å². The number of rotatable bonds is 4. The summed E-state index contributed by atoms with van der Waals surface area (Å²) in [5.41, 5.74) is 0.505.